The van der Waals surface area contributed by atoms with Gasteiger partial charge in [-0.05, 0) is 62.6 Å². The van der Waals surface area contributed by atoms with Gasteiger partial charge in [-0.3, -0.25) is 0 Å². The first-order chi connectivity index (χ1) is 14.8. The van der Waals surface area contributed by atoms with E-state index in [-0.39, 0.29) is 0 Å². The normalized spacial score (nSPS) is 15.1. The van der Waals surface area contributed by atoms with E-state index in [9.17, 15) is 0 Å². The summed E-state index contributed by atoms with van der Waals surface area (Å²) in [7, 11) is -1.96. The Balaban J connectivity index is 2.35. The molecule has 1 aliphatic carbocycles. The maximum atomic E-state index is 6.50. The van der Waals surface area contributed by atoms with E-state index in [1.807, 2.05) is 6.08 Å². The van der Waals surface area contributed by atoms with Crippen molar-refractivity contribution in [2.75, 3.05) is 6.61 Å². The van der Waals surface area contributed by atoms with Crippen LogP contribution in [0, 0.1) is 6.92 Å². The average molecular weight is 431 g/mol. The summed E-state index contributed by atoms with van der Waals surface area (Å²) in [6, 6.07) is 17.8. The molecule has 0 aliphatic heterocycles. The minimum absolute atomic E-state index is 0.528. The molecule has 2 aromatic carbocycles. The summed E-state index contributed by atoms with van der Waals surface area (Å²) in [6.07, 6.45) is 1.86. The van der Waals surface area contributed by atoms with E-state index in [0.717, 1.165) is 5.75 Å². The van der Waals surface area contributed by atoms with Gasteiger partial charge in [-0.1, -0.05) is 91.7 Å². The summed E-state index contributed by atoms with van der Waals surface area (Å²) >= 11 is 0. The van der Waals surface area contributed by atoms with E-state index in [2.05, 4.69) is 97.5 Å². The topological polar surface area (TPSA) is 9.23 Å². The number of rotatable bonds is 8. The first kappa shape index (κ1) is 23.3. The van der Waals surface area contributed by atoms with Crippen LogP contribution in [0.25, 0.3) is 11.1 Å². The van der Waals surface area contributed by atoms with E-state index < -0.39 is 8.07 Å². The zero-order chi connectivity index (χ0) is 22.8. The van der Waals surface area contributed by atoms with Crippen molar-refractivity contribution in [3.63, 3.8) is 0 Å². The van der Waals surface area contributed by atoms with Gasteiger partial charge in [-0.25, -0.2) is 0 Å². The summed E-state index contributed by atoms with van der Waals surface area (Å²) in [5.74, 6) is 1.08. The third-order valence-corrected chi connectivity index (χ3v) is 13.6. The Labute approximate surface area is 190 Å². The molecule has 0 heterocycles. The van der Waals surface area contributed by atoms with Gasteiger partial charge in [0.25, 0.3) is 0 Å². The summed E-state index contributed by atoms with van der Waals surface area (Å²) in [6.45, 7) is 20.8. The third kappa shape index (κ3) is 3.98. The Morgan fingerprint density at radius 3 is 2.00 bits per heavy atom. The number of aryl methyl sites for hydroxylation is 1. The molecular formula is C29H38OSi. The van der Waals surface area contributed by atoms with Crippen LogP contribution in [-0.2, 0) is 0 Å². The summed E-state index contributed by atoms with van der Waals surface area (Å²) in [4.78, 5) is 0. The Morgan fingerprint density at radius 2 is 1.48 bits per heavy atom. The van der Waals surface area contributed by atoms with Gasteiger partial charge in [0.1, 0.15) is 20.4 Å². The molecule has 0 radical (unpaired) electrons. The maximum Gasteiger partial charge on any atom is 0.126 e. The van der Waals surface area contributed by atoms with Crippen molar-refractivity contribution < 1.29 is 4.74 Å². The largest absolute Gasteiger partial charge is 0.489 e. The zero-order valence-electron chi connectivity index (χ0n) is 20.4. The molecule has 164 valence electrons. The predicted molar refractivity (Wildman–Crippen MR) is 139 cm³/mol. The van der Waals surface area contributed by atoms with Gasteiger partial charge in [-0.15, -0.1) is 0 Å². The number of hydrogen-bond donors (Lipinski definition) is 0. The van der Waals surface area contributed by atoms with Crippen molar-refractivity contribution in [3.05, 3.63) is 83.0 Å². The smallest absolute Gasteiger partial charge is 0.126 e. The molecule has 0 fully saturated rings. The molecule has 0 amide bonds. The molecule has 0 saturated carbocycles. The van der Waals surface area contributed by atoms with Crippen molar-refractivity contribution in [1.29, 1.82) is 0 Å². The predicted octanol–water partition coefficient (Wildman–Crippen LogP) is 7.98. The fourth-order valence-corrected chi connectivity index (χ4v) is 11.3. The summed E-state index contributed by atoms with van der Waals surface area (Å²) in [5, 5.41) is 1.48. The number of hydrogen-bond acceptors (Lipinski definition) is 1. The maximum absolute atomic E-state index is 6.50. The van der Waals surface area contributed by atoms with Crippen LogP contribution in [-0.4, -0.2) is 14.7 Å². The van der Waals surface area contributed by atoms with Crippen LogP contribution in [0.5, 0.6) is 5.75 Å². The van der Waals surface area contributed by atoms with E-state index in [1.165, 1.54) is 45.1 Å². The second kappa shape index (κ2) is 9.44. The third-order valence-electron chi connectivity index (χ3n) is 7.63. The molecule has 2 aromatic rings. The molecule has 1 nitrogen and oxygen atoms in total. The van der Waals surface area contributed by atoms with Crippen LogP contribution in [0.3, 0.4) is 0 Å². The quantitative estimate of drug-likeness (QED) is 0.305. The highest BCUT2D eigenvalue weighted by atomic mass is 28.3. The molecule has 0 spiro atoms. The van der Waals surface area contributed by atoms with Gasteiger partial charge in [0, 0.05) is 11.1 Å². The highest BCUT2D eigenvalue weighted by Crippen LogP contribution is 2.50. The number of allylic oxidation sites excluding steroid dienone is 4. The van der Waals surface area contributed by atoms with Crippen molar-refractivity contribution in [1.82, 2.24) is 0 Å². The Bertz CT molecular complexity index is 998. The Hall–Kier alpha value is -2.32. The molecule has 2 heteroatoms. The highest BCUT2D eigenvalue weighted by Gasteiger charge is 2.46. The lowest BCUT2D eigenvalue weighted by molar-refractivity contribution is 0.367. The van der Waals surface area contributed by atoms with Gasteiger partial charge in [0.05, 0.1) is 0 Å². The fourth-order valence-electron chi connectivity index (χ4n) is 5.65. The molecule has 31 heavy (non-hydrogen) atoms. The summed E-state index contributed by atoms with van der Waals surface area (Å²) in [5.41, 5.74) is 10.4. The molecule has 0 aromatic heterocycles. The second-order valence-corrected chi connectivity index (χ2v) is 13.9. The van der Waals surface area contributed by atoms with E-state index in [4.69, 9.17) is 4.74 Å². The lowest BCUT2D eigenvalue weighted by Gasteiger charge is -2.40. The number of ether oxygens (including phenoxy) is 1. The SMILES string of the molecule is C=CCOc1c(-c2ccccc2)cc(C)cc1[Si](CC)(CC)C1C(C)=C(C)C(C)=C1C. The molecule has 3 rings (SSSR count). The van der Waals surface area contributed by atoms with Crippen LogP contribution in [0.4, 0.5) is 0 Å². The number of benzene rings is 2. The minimum atomic E-state index is -1.96. The minimum Gasteiger partial charge on any atom is -0.489 e. The average Bonchev–Trinajstić information content (AvgIpc) is 2.98. The van der Waals surface area contributed by atoms with Gasteiger partial charge in [-0.2, -0.15) is 0 Å². The lowest BCUT2D eigenvalue weighted by atomic mass is 10.0. The van der Waals surface area contributed by atoms with E-state index in [0.29, 0.717) is 12.1 Å². The van der Waals surface area contributed by atoms with Crippen molar-refractivity contribution in [2.45, 2.75) is 66.1 Å². The van der Waals surface area contributed by atoms with Crippen molar-refractivity contribution >= 4 is 13.3 Å². The fraction of sp³-hybridized carbons (Fsp3) is 0.379. The standard InChI is InChI=1S/C29H38OSi/c1-9-17-30-28-26(25-15-13-12-14-16-25)18-20(4)19-27(28)31(10-2,11-3)29-23(7)21(5)22(6)24(29)8/h9,12-16,18-19,29H,1,10-11,17H2,2-8H3. The first-order valence-corrected chi connectivity index (χ1v) is 14.1. The van der Waals surface area contributed by atoms with Crippen molar-refractivity contribution in [3.8, 4) is 16.9 Å². The van der Waals surface area contributed by atoms with Gasteiger partial charge in [0.2, 0.25) is 0 Å². The zero-order valence-corrected chi connectivity index (χ0v) is 21.4. The first-order valence-electron chi connectivity index (χ1n) is 11.6. The monoisotopic (exact) mass is 430 g/mol. The van der Waals surface area contributed by atoms with Crippen LogP contribution in [0.15, 0.2) is 77.4 Å². The van der Waals surface area contributed by atoms with Crippen molar-refractivity contribution in [2.24, 2.45) is 0 Å². The molecule has 0 N–H and O–H groups in total. The summed E-state index contributed by atoms with van der Waals surface area (Å²) < 4.78 is 6.50. The van der Waals surface area contributed by atoms with Crippen LogP contribution in [0.2, 0.25) is 17.6 Å². The highest BCUT2D eigenvalue weighted by molar-refractivity contribution is 6.94. The van der Waals surface area contributed by atoms with Crippen LogP contribution >= 0.6 is 0 Å². The lowest BCUT2D eigenvalue weighted by Crippen LogP contribution is -2.52. The van der Waals surface area contributed by atoms with Gasteiger partial charge < -0.3 is 4.74 Å². The van der Waals surface area contributed by atoms with E-state index in [1.54, 1.807) is 11.1 Å². The molecular weight excluding hydrogens is 392 g/mol. The van der Waals surface area contributed by atoms with Crippen LogP contribution in [0.1, 0.15) is 47.1 Å². The molecule has 1 aliphatic rings. The Morgan fingerprint density at radius 1 is 0.903 bits per heavy atom. The molecule has 0 bridgehead atoms. The Kier molecular flexibility index (Phi) is 7.11. The molecule has 0 saturated heterocycles. The van der Waals surface area contributed by atoms with Crippen LogP contribution < -0.4 is 9.92 Å². The molecule has 0 atom stereocenters. The molecule has 0 unspecified atom stereocenters. The van der Waals surface area contributed by atoms with E-state index >= 15 is 0 Å². The van der Waals surface area contributed by atoms with Gasteiger partial charge >= 0.3 is 0 Å². The second-order valence-electron chi connectivity index (χ2n) is 9.07. The van der Waals surface area contributed by atoms with Gasteiger partial charge in [0.15, 0.2) is 0 Å².